The number of hydrogen-bond donors (Lipinski definition) is 2. The molecule has 0 aliphatic rings. The second-order valence-corrected chi connectivity index (χ2v) is 4.83. The van der Waals surface area contributed by atoms with Gasteiger partial charge in [0.2, 0.25) is 0 Å². The lowest BCUT2D eigenvalue weighted by Crippen LogP contribution is -2.19. The van der Waals surface area contributed by atoms with Crippen molar-refractivity contribution in [3.63, 3.8) is 0 Å². The highest BCUT2D eigenvalue weighted by atomic mass is 32.2. The van der Waals surface area contributed by atoms with Gasteiger partial charge < -0.3 is 9.63 Å². The zero-order chi connectivity index (χ0) is 14.0. The maximum absolute atomic E-state index is 11.7. The first-order valence-electron chi connectivity index (χ1n) is 5.40. The van der Waals surface area contributed by atoms with Crippen LogP contribution in [0.3, 0.4) is 0 Å². The number of carboxylic acids is 1. The fraction of sp³-hybridized carbons (Fsp3) is 0.400. The van der Waals surface area contributed by atoms with Crippen molar-refractivity contribution in [3.8, 4) is 0 Å². The Morgan fingerprint density at radius 1 is 1.53 bits per heavy atom. The molecule has 0 atom stereocenters. The van der Waals surface area contributed by atoms with E-state index < -0.39 is 11.7 Å². The van der Waals surface area contributed by atoms with Crippen molar-refractivity contribution >= 4 is 17.7 Å². The Bertz CT molecular complexity index is 637. The number of aryl methyl sites for hydroxylation is 2. The van der Waals surface area contributed by atoms with Gasteiger partial charge in [0, 0.05) is 5.56 Å². The summed E-state index contributed by atoms with van der Waals surface area (Å²) in [6.45, 7) is 3.78. The molecule has 102 valence electrons. The smallest absolute Gasteiger partial charge is 0.344 e. The molecule has 0 radical (unpaired) electrons. The zero-order valence-corrected chi connectivity index (χ0v) is 11.2. The predicted molar refractivity (Wildman–Crippen MR) is 66.3 cm³/mol. The minimum absolute atomic E-state index is 0.161. The van der Waals surface area contributed by atoms with Crippen molar-refractivity contribution in [1.82, 2.24) is 19.9 Å². The number of carbonyl (C=O) groups is 1. The van der Waals surface area contributed by atoms with E-state index in [-0.39, 0.29) is 12.3 Å². The molecule has 0 bridgehead atoms. The van der Waals surface area contributed by atoms with Gasteiger partial charge in [-0.3, -0.25) is 9.36 Å². The maximum Gasteiger partial charge on any atom is 0.344 e. The van der Waals surface area contributed by atoms with Crippen molar-refractivity contribution < 1.29 is 14.4 Å². The molecule has 19 heavy (non-hydrogen) atoms. The minimum Gasteiger partial charge on any atom is -0.481 e. The summed E-state index contributed by atoms with van der Waals surface area (Å²) >= 11 is 0.980. The number of aromatic nitrogens is 4. The van der Waals surface area contributed by atoms with Crippen molar-refractivity contribution in [2.45, 2.75) is 25.5 Å². The summed E-state index contributed by atoms with van der Waals surface area (Å²) in [7, 11) is 0. The third-order valence-electron chi connectivity index (χ3n) is 2.55. The van der Waals surface area contributed by atoms with Gasteiger partial charge in [-0.05, 0) is 13.8 Å². The highest BCUT2D eigenvalue weighted by molar-refractivity contribution is 7.99. The Kier molecular flexibility index (Phi) is 3.74. The number of nitrogens with zero attached hydrogens (tertiary/aromatic N) is 3. The zero-order valence-electron chi connectivity index (χ0n) is 10.3. The first-order valence-corrected chi connectivity index (χ1v) is 6.39. The Morgan fingerprint density at radius 2 is 2.26 bits per heavy atom. The fourth-order valence-corrected chi connectivity index (χ4v) is 2.23. The van der Waals surface area contributed by atoms with Crippen LogP contribution >= 0.6 is 11.8 Å². The molecule has 9 heteroatoms. The fourth-order valence-electron chi connectivity index (χ4n) is 1.56. The van der Waals surface area contributed by atoms with Gasteiger partial charge in [0.1, 0.15) is 5.76 Å². The van der Waals surface area contributed by atoms with Crippen LogP contribution in [-0.2, 0) is 11.3 Å². The number of rotatable bonds is 5. The van der Waals surface area contributed by atoms with Crippen molar-refractivity contribution in [3.05, 3.63) is 27.5 Å². The molecular weight excluding hydrogens is 272 g/mol. The standard InChI is InChI=1S/C10H12N4O4S/c1-5-7(6(2)18-13-5)3-14-9(17)11-12-10(14)19-4-8(15)16/h3-4H2,1-2H3,(H,11,17)(H,15,16). The number of aromatic amines is 1. The van der Waals surface area contributed by atoms with Gasteiger partial charge in [-0.1, -0.05) is 16.9 Å². The van der Waals surface area contributed by atoms with Crippen LogP contribution in [-0.4, -0.2) is 36.7 Å². The average Bonchev–Trinajstić information content (AvgIpc) is 2.85. The molecule has 2 aromatic rings. The number of hydrogen-bond acceptors (Lipinski definition) is 6. The highest BCUT2D eigenvalue weighted by Gasteiger charge is 2.15. The molecular formula is C10H12N4O4S. The van der Waals surface area contributed by atoms with E-state index in [0.717, 1.165) is 17.3 Å². The van der Waals surface area contributed by atoms with Crippen molar-refractivity contribution in [1.29, 1.82) is 0 Å². The van der Waals surface area contributed by atoms with E-state index in [1.807, 2.05) is 0 Å². The molecule has 0 aliphatic carbocycles. The van der Waals surface area contributed by atoms with E-state index >= 15 is 0 Å². The summed E-state index contributed by atoms with van der Waals surface area (Å²) in [6, 6.07) is 0. The summed E-state index contributed by atoms with van der Waals surface area (Å²) in [5.41, 5.74) is 1.09. The molecule has 0 unspecified atom stereocenters. The summed E-state index contributed by atoms with van der Waals surface area (Å²) in [6.07, 6.45) is 0. The Morgan fingerprint density at radius 3 is 2.84 bits per heavy atom. The van der Waals surface area contributed by atoms with E-state index in [1.54, 1.807) is 13.8 Å². The first-order chi connectivity index (χ1) is 8.99. The third kappa shape index (κ3) is 2.87. The van der Waals surface area contributed by atoms with Crippen LogP contribution < -0.4 is 5.69 Å². The average molecular weight is 284 g/mol. The molecule has 2 heterocycles. The molecule has 0 aliphatic heterocycles. The lowest BCUT2D eigenvalue weighted by Gasteiger charge is -2.03. The van der Waals surface area contributed by atoms with Gasteiger partial charge in [0.25, 0.3) is 0 Å². The van der Waals surface area contributed by atoms with Gasteiger partial charge >= 0.3 is 11.7 Å². The number of nitrogens with one attached hydrogen (secondary N) is 1. The predicted octanol–water partition coefficient (Wildman–Crippen LogP) is 0.401. The van der Waals surface area contributed by atoms with Crippen LogP contribution in [0.5, 0.6) is 0 Å². The largest absolute Gasteiger partial charge is 0.481 e. The highest BCUT2D eigenvalue weighted by Crippen LogP contribution is 2.17. The van der Waals surface area contributed by atoms with Crippen molar-refractivity contribution in [2.75, 3.05) is 5.75 Å². The van der Waals surface area contributed by atoms with Crippen LogP contribution in [0.15, 0.2) is 14.5 Å². The minimum atomic E-state index is -0.968. The Hall–Kier alpha value is -2.03. The topological polar surface area (TPSA) is 114 Å². The summed E-state index contributed by atoms with van der Waals surface area (Å²) < 4.78 is 6.39. The molecule has 0 amide bonds. The number of aliphatic carboxylic acids is 1. The number of thioether (sulfide) groups is 1. The Balaban J connectivity index is 2.27. The molecule has 2 rings (SSSR count). The molecule has 0 spiro atoms. The molecule has 8 nitrogen and oxygen atoms in total. The van der Waals surface area contributed by atoms with Crippen LogP contribution in [0, 0.1) is 13.8 Å². The molecule has 0 saturated heterocycles. The molecule has 2 N–H and O–H groups in total. The summed E-state index contributed by atoms with van der Waals surface area (Å²) in [5, 5.41) is 18.9. The SMILES string of the molecule is Cc1noc(C)c1Cn1c(SCC(=O)O)n[nH]c1=O. The van der Waals surface area contributed by atoms with Crippen LogP contribution in [0.4, 0.5) is 0 Å². The van der Waals surface area contributed by atoms with E-state index in [0.29, 0.717) is 16.6 Å². The third-order valence-corrected chi connectivity index (χ3v) is 3.51. The lowest BCUT2D eigenvalue weighted by atomic mass is 10.2. The van der Waals surface area contributed by atoms with E-state index in [4.69, 9.17) is 9.63 Å². The number of H-pyrrole nitrogens is 1. The van der Waals surface area contributed by atoms with Gasteiger partial charge in [0.15, 0.2) is 5.16 Å². The van der Waals surface area contributed by atoms with Gasteiger partial charge in [-0.25, -0.2) is 9.89 Å². The van der Waals surface area contributed by atoms with Gasteiger partial charge in [-0.2, -0.15) is 0 Å². The maximum atomic E-state index is 11.7. The normalized spacial score (nSPS) is 10.8. The lowest BCUT2D eigenvalue weighted by molar-refractivity contribution is -0.133. The Labute approximate surface area is 111 Å². The molecule has 0 fully saturated rings. The monoisotopic (exact) mass is 284 g/mol. The molecule has 2 aromatic heterocycles. The molecule has 0 saturated carbocycles. The van der Waals surface area contributed by atoms with Crippen molar-refractivity contribution in [2.24, 2.45) is 0 Å². The first kappa shape index (κ1) is 13.4. The second kappa shape index (κ2) is 5.31. The van der Waals surface area contributed by atoms with Crippen LogP contribution in [0.1, 0.15) is 17.0 Å². The quantitative estimate of drug-likeness (QED) is 0.764. The second-order valence-electron chi connectivity index (χ2n) is 3.88. The van der Waals surface area contributed by atoms with Crippen LogP contribution in [0.2, 0.25) is 0 Å². The van der Waals surface area contributed by atoms with E-state index in [2.05, 4.69) is 15.4 Å². The van der Waals surface area contributed by atoms with E-state index in [1.165, 1.54) is 4.57 Å². The van der Waals surface area contributed by atoms with Crippen LogP contribution in [0.25, 0.3) is 0 Å². The summed E-state index contributed by atoms with van der Waals surface area (Å²) in [5.74, 6) is -0.504. The van der Waals surface area contributed by atoms with Gasteiger partial charge in [0.05, 0.1) is 18.0 Å². The molecule has 0 aromatic carbocycles. The summed E-state index contributed by atoms with van der Waals surface area (Å²) in [4.78, 5) is 22.2. The number of carboxylic acid groups (broad SMARTS) is 1. The van der Waals surface area contributed by atoms with E-state index in [9.17, 15) is 9.59 Å². The van der Waals surface area contributed by atoms with Gasteiger partial charge in [-0.15, -0.1) is 5.10 Å².